The van der Waals surface area contributed by atoms with Crippen LogP contribution in [0.1, 0.15) is 5.56 Å². The van der Waals surface area contributed by atoms with Gasteiger partial charge >= 0.3 is 10.1 Å². The molecule has 6 heteroatoms. The van der Waals surface area contributed by atoms with Crippen molar-refractivity contribution in [2.75, 3.05) is 0 Å². The van der Waals surface area contributed by atoms with Crippen LogP contribution in [0.4, 0.5) is 0 Å². The van der Waals surface area contributed by atoms with Crippen LogP contribution < -0.4 is 0 Å². The summed E-state index contributed by atoms with van der Waals surface area (Å²) in [7, 11) is -3.96. The molecule has 0 spiro atoms. The van der Waals surface area contributed by atoms with Crippen LogP contribution in [0, 0.1) is 22.2 Å². The van der Waals surface area contributed by atoms with Gasteiger partial charge in [0.2, 0.25) is 5.76 Å². The Labute approximate surface area is 131 Å². The van der Waals surface area contributed by atoms with E-state index in [4.69, 9.17) is 9.44 Å². The Kier molecular flexibility index (Phi) is 4.33. The van der Waals surface area contributed by atoms with Crippen molar-refractivity contribution in [1.29, 1.82) is 5.26 Å². The minimum absolute atomic E-state index is 0.0407. The van der Waals surface area contributed by atoms with E-state index in [2.05, 4.69) is 5.73 Å². The van der Waals surface area contributed by atoms with Crippen molar-refractivity contribution in [3.05, 3.63) is 63.0 Å². The van der Waals surface area contributed by atoms with Gasteiger partial charge in [-0.1, -0.05) is 46.0 Å². The first-order valence-corrected chi connectivity index (χ1v) is 8.03. The Bertz CT molecular complexity index is 764. The average Bonchev–Trinajstić information content (AvgIpc) is 2.41. The number of rotatable bonds is 3. The molecule has 1 aliphatic rings. The maximum absolute atomic E-state index is 12.1. The van der Waals surface area contributed by atoms with E-state index >= 15 is 0 Å². The van der Waals surface area contributed by atoms with E-state index in [-0.39, 0.29) is 16.2 Å². The second-order valence-corrected chi connectivity index (χ2v) is 6.81. The third-order valence-electron chi connectivity index (χ3n) is 2.49. The lowest BCUT2D eigenvalue weighted by molar-refractivity contribution is 0.417. The van der Waals surface area contributed by atoms with Crippen LogP contribution >= 0.6 is 22.6 Å². The van der Waals surface area contributed by atoms with Crippen LogP contribution in [-0.4, -0.2) is 8.42 Å². The number of benzene rings is 1. The molecule has 0 amide bonds. The highest BCUT2D eigenvalue weighted by molar-refractivity contribution is 14.1. The molecule has 0 atom stereocenters. The molecule has 0 fully saturated rings. The minimum Gasteiger partial charge on any atom is -0.369 e. The summed E-state index contributed by atoms with van der Waals surface area (Å²) in [5, 5.41) is 9.00. The Hall–Kier alpha value is -1.55. The zero-order chi connectivity index (χ0) is 14.8. The molecule has 0 heterocycles. The van der Waals surface area contributed by atoms with Crippen molar-refractivity contribution in [2.45, 2.75) is 11.8 Å². The van der Waals surface area contributed by atoms with Crippen LogP contribution in [0.2, 0.25) is 0 Å². The van der Waals surface area contributed by atoms with E-state index in [1.807, 2.05) is 35.6 Å². The highest BCUT2D eigenvalue weighted by atomic mass is 127. The summed E-state index contributed by atoms with van der Waals surface area (Å²) in [6.07, 6.45) is 3.10. The topological polar surface area (TPSA) is 67.2 Å². The number of allylic oxidation sites excluding steroid dienone is 2. The van der Waals surface area contributed by atoms with Gasteiger partial charge in [-0.05, 0) is 31.2 Å². The summed E-state index contributed by atoms with van der Waals surface area (Å²) in [5.74, 6) is -0.0894. The molecular formula is C14H9INO3S. The highest BCUT2D eigenvalue weighted by Gasteiger charge is 2.22. The normalized spacial score (nSPS) is 15.2. The van der Waals surface area contributed by atoms with Gasteiger partial charge in [0.15, 0.2) is 0 Å². The van der Waals surface area contributed by atoms with Gasteiger partial charge in [0, 0.05) is 0 Å². The molecule has 4 nitrogen and oxygen atoms in total. The number of nitriles is 1. The van der Waals surface area contributed by atoms with Crippen molar-refractivity contribution in [1.82, 2.24) is 0 Å². The molecule has 0 aromatic heterocycles. The van der Waals surface area contributed by atoms with Crippen LogP contribution in [0.15, 0.2) is 58.4 Å². The predicted molar refractivity (Wildman–Crippen MR) is 82.0 cm³/mol. The first kappa shape index (κ1) is 14.9. The van der Waals surface area contributed by atoms with Crippen LogP contribution in [0.25, 0.3) is 0 Å². The zero-order valence-electron chi connectivity index (χ0n) is 10.4. The third-order valence-corrected chi connectivity index (χ3v) is 4.35. The second kappa shape index (κ2) is 5.83. The number of hydrogen-bond donors (Lipinski definition) is 0. The third kappa shape index (κ3) is 3.31. The van der Waals surface area contributed by atoms with Crippen molar-refractivity contribution in [2.24, 2.45) is 0 Å². The Morgan fingerprint density at radius 2 is 1.95 bits per heavy atom. The highest BCUT2D eigenvalue weighted by Crippen LogP contribution is 2.27. The molecule has 1 radical (unpaired) electrons. The summed E-state index contributed by atoms with van der Waals surface area (Å²) >= 11 is 2.01. The van der Waals surface area contributed by atoms with Crippen molar-refractivity contribution < 1.29 is 12.6 Å². The second-order valence-electron chi connectivity index (χ2n) is 4.02. The number of halogens is 1. The molecular weight excluding hydrogens is 389 g/mol. The van der Waals surface area contributed by atoms with Gasteiger partial charge in [0.05, 0.1) is 3.92 Å². The SMILES string of the molecule is Cc1ccc(S(=O)(=O)OC2=C=C[C](I)C=C2C#N)cc1. The van der Waals surface area contributed by atoms with Crippen molar-refractivity contribution in [3.63, 3.8) is 0 Å². The van der Waals surface area contributed by atoms with Gasteiger partial charge in [0.25, 0.3) is 0 Å². The Balaban J connectivity index is 2.35. The van der Waals surface area contributed by atoms with Gasteiger partial charge in [-0.25, -0.2) is 0 Å². The van der Waals surface area contributed by atoms with Gasteiger partial charge in [0.1, 0.15) is 16.5 Å². The van der Waals surface area contributed by atoms with Crippen LogP contribution in [-0.2, 0) is 14.3 Å². The summed E-state index contributed by atoms with van der Waals surface area (Å²) < 4.78 is 30.0. The lowest BCUT2D eigenvalue weighted by Gasteiger charge is -2.11. The summed E-state index contributed by atoms with van der Waals surface area (Å²) in [4.78, 5) is 0.0407. The van der Waals surface area contributed by atoms with E-state index in [9.17, 15) is 8.42 Å². The molecule has 101 valence electrons. The van der Waals surface area contributed by atoms with Crippen molar-refractivity contribution in [3.8, 4) is 6.07 Å². The molecule has 1 aromatic rings. The average molecular weight is 398 g/mol. The Morgan fingerprint density at radius 1 is 1.30 bits per heavy atom. The monoisotopic (exact) mass is 398 g/mol. The summed E-state index contributed by atoms with van der Waals surface area (Å²) in [5.41, 5.74) is 3.74. The van der Waals surface area contributed by atoms with E-state index in [1.165, 1.54) is 18.2 Å². The van der Waals surface area contributed by atoms with Gasteiger partial charge in [-0.2, -0.15) is 13.7 Å². The van der Waals surface area contributed by atoms with Crippen LogP contribution in [0.3, 0.4) is 0 Å². The molecule has 0 unspecified atom stereocenters. The largest absolute Gasteiger partial charge is 0.369 e. The fraction of sp³-hybridized carbons (Fsp3) is 0.0714. The fourth-order valence-electron chi connectivity index (χ4n) is 1.47. The van der Waals surface area contributed by atoms with Crippen molar-refractivity contribution >= 4 is 32.7 Å². The maximum Gasteiger partial charge on any atom is 0.339 e. The number of aryl methyl sites for hydroxylation is 1. The van der Waals surface area contributed by atoms with Gasteiger partial charge in [-0.15, -0.1) is 0 Å². The van der Waals surface area contributed by atoms with E-state index in [0.29, 0.717) is 0 Å². The lowest BCUT2D eigenvalue weighted by atomic mass is 10.1. The van der Waals surface area contributed by atoms with Gasteiger partial charge < -0.3 is 4.18 Å². The number of nitrogens with zero attached hydrogens (tertiary/aromatic N) is 1. The van der Waals surface area contributed by atoms with Gasteiger partial charge in [-0.3, -0.25) is 0 Å². The van der Waals surface area contributed by atoms with Crippen LogP contribution in [0.5, 0.6) is 0 Å². The quantitative estimate of drug-likeness (QED) is 0.446. The molecule has 0 saturated heterocycles. The first-order valence-electron chi connectivity index (χ1n) is 5.55. The fourth-order valence-corrected chi connectivity index (χ4v) is 2.86. The summed E-state index contributed by atoms with van der Waals surface area (Å²) in [6.45, 7) is 1.86. The molecule has 1 aromatic carbocycles. The minimum atomic E-state index is -3.96. The first-order chi connectivity index (χ1) is 9.42. The number of hydrogen-bond acceptors (Lipinski definition) is 4. The molecule has 20 heavy (non-hydrogen) atoms. The molecule has 2 rings (SSSR count). The van der Waals surface area contributed by atoms with E-state index < -0.39 is 10.1 Å². The van der Waals surface area contributed by atoms with E-state index in [0.717, 1.165) is 9.49 Å². The zero-order valence-corrected chi connectivity index (χ0v) is 13.4. The maximum atomic E-state index is 12.1. The smallest absolute Gasteiger partial charge is 0.339 e. The molecule has 1 aliphatic carbocycles. The standard InChI is InChI=1S/C14H9INO3S/c1-10-2-5-13(6-3-10)20(17,18)19-14-7-4-12(15)8-11(14)9-16/h2-6,8H,1H3. The lowest BCUT2D eigenvalue weighted by Crippen LogP contribution is -2.08. The molecule has 0 aliphatic heterocycles. The summed E-state index contributed by atoms with van der Waals surface area (Å²) in [6, 6.07) is 8.18. The Morgan fingerprint density at radius 3 is 2.55 bits per heavy atom. The molecule has 0 saturated carbocycles. The predicted octanol–water partition coefficient (Wildman–Crippen LogP) is 3.17. The van der Waals surface area contributed by atoms with E-state index in [1.54, 1.807) is 18.2 Å². The molecule has 0 N–H and O–H groups in total. The molecule has 0 bridgehead atoms.